The van der Waals surface area contributed by atoms with Gasteiger partial charge in [-0.1, -0.05) is 19.3 Å². The first-order valence-electron chi connectivity index (χ1n) is 6.75. The van der Waals surface area contributed by atoms with Gasteiger partial charge in [-0.25, -0.2) is 0 Å². The van der Waals surface area contributed by atoms with Gasteiger partial charge in [-0.2, -0.15) is 0 Å². The number of aliphatic hydroxyl groups excluding tert-OH is 1. The van der Waals surface area contributed by atoms with Gasteiger partial charge in [-0.05, 0) is 24.5 Å². The lowest BCUT2D eigenvalue weighted by Crippen LogP contribution is -2.38. The van der Waals surface area contributed by atoms with Crippen LogP contribution in [0.1, 0.15) is 37.7 Å². The van der Waals surface area contributed by atoms with Gasteiger partial charge in [0, 0.05) is 38.6 Å². The van der Waals surface area contributed by atoms with Crippen LogP contribution in [0.2, 0.25) is 0 Å². The van der Waals surface area contributed by atoms with E-state index in [4.69, 9.17) is 0 Å². The van der Waals surface area contributed by atoms with Gasteiger partial charge in [0.25, 0.3) is 0 Å². The van der Waals surface area contributed by atoms with E-state index in [-0.39, 0.29) is 6.61 Å². The van der Waals surface area contributed by atoms with Crippen molar-refractivity contribution in [3.63, 3.8) is 0 Å². The molecule has 0 amide bonds. The summed E-state index contributed by atoms with van der Waals surface area (Å²) >= 11 is 0. The molecule has 0 saturated heterocycles. The van der Waals surface area contributed by atoms with Gasteiger partial charge in [0.15, 0.2) is 0 Å². The molecule has 0 atom stereocenters. The lowest BCUT2D eigenvalue weighted by Gasteiger charge is -2.33. The Labute approximate surface area is 104 Å². The molecule has 1 aromatic rings. The molecule has 0 unspecified atom stereocenters. The number of hydrogen-bond acceptors (Lipinski definition) is 2. The number of rotatable bonds is 5. The lowest BCUT2D eigenvalue weighted by molar-refractivity contribution is 0.117. The van der Waals surface area contributed by atoms with Crippen LogP contribution in [0.15, 0.2) is 18.5 Å². The van der Waals surface area contributed by atoms with E-state index in [1.54, 1.807) is 0 Å². The van der Waals surface area contributed by atoms with Crippen LogP contribution in [0, 0.1) is 0 Å². The van der Waals surface area contributed by atoms with Gasteiger partial charge in [-0.15, -0.1) is 0 Å². The van der Waals surface area contributed by atoms with E-state index in [1.165, 1.54) is 37.7 Å². The summed E-state index contributed by atoms with van der Waals surface area (Å²) in [6.45, 7) is 2.05. The van der Waals surface area contributed by atoms with Gasteiger partial charge < -0.3 is 9.67 Å². The van der Waals surface area contributed by atoms with Crippen LogP contribution in [0.4, 0.5) is 0 Å². The fourth-order valence-corrected chi connectivity index (χ4v) is 2.85. The Kier molecular flexibility index (Phi) is 4.63. The maximum Gasteiger partial charge on any atom is 0.0558 e. The van der Waals surface area contributed by atoms with Crippen LogP contribution >= 0.6 is 0 Å². The molecule has 1 aromatic heterocycles. The summed E-state index contributed by atoms with van der Waals surface area (Å²) in [6, 6.07) is 2.85. The highest BCUT2D eigenvalue weighted by atomic mass is 16.3. The quantitative estimate of drug-likeness (QED) is 0.848. The van der Waals surface area contributed by atoms with Crippen LogP contribution in [0.25, 0.3) is 0 Å². The molecule has 17 heavy (non-hydrogen) atoms. The van der Waals surface area contributed by atoms with Crippen LogP contribution in [-0.2, 0) is 13.6 Å². The predicted octanol–water partition coefficient (Wildman–Crippen LogP) is 2.15. The third-order valence-electron chi connectivity index (χ3n) is 3.76. The van der Waals surface area contributed by atoms with E-state index in [1.807, 2.05) is 0 Å². The fourth-order valence-electron chi connectivity index (χ4n) is 2.85. The van der Waals surface area contributed by atoms with Crippen molar-refractivity contribution < 1.29 is 5.11 Å². The minimum Gasteiger partial charge on any atom is -0.395 e. The van der Waals surface area contributed by atoms with E-state index < -0.39 is 0 Å². The van der Waals surface area contributed by atoms with Crippen molar-refractivity contribution in [3.8, 4) is 0 Å². The first-order valence-corrected chi connectivity index (χ1v) is 6.75. The van der Waals surface area contributed by atoms with Crippen molar-refractivity contribution in [2.45, 2.75) is 44.7 Å². The summed E-state index contributed by atoms with van der Waals surface area (Å²) in [6.07, 6.45) is 10.9. The van der Waals surface area contributed by atoms with E-state index in [0.717, 1.165) is 13.1 Å². The minimum atomic E-state index is 0.267. The van der Waals surface area contributed by atoms with Crippen molar-refractivity contribution in [3.05, 3.63) is 24.0 Å². The molecule has 0 aliphatic heterocycles. The molecule has 1 aliphatic carbocycles. The maximum absolute atomic E-state index is 9.20. The average Bonchev–Trinajstić information content (AvgIpc) is 2.75. The zero-order chi connectivity index (χ0) is 12.1. The lowest BCUT2D eigenvalue weighted by atomic mass is 9.94. The highest BCUT2D eigenvalue weighted by Gasteiger charge is 2.20. The fraction of sp³-hybridized carbons (Fsp3) is 0.714. The summed E-state index contributed by atoms with van der Waals surface area (Å²) in [4.78, 5) is 2.45. The molecule has 0 spiro atoms. The molecule has 1 heterocycles. The number of nitrogens with zero attached hydrogens (tertiary/aromatic N) is 2. The van der Waals surface area contributed by atoms with E-state index in [0.29, 0.717) is 6.04 Å². The average molecular weight is 236 g/mol. The second kappa shape index (κ2) is 6.22. The molecular formula is C14H24N2O. The van der Waals surface area contributed by atoms with Crippen molar-refractivity contribution >= 4 is 0 Å². The van der Waals surface area contributed by atoms with Crippen molar-refractivity contribution in [1.29, 1.82) is 0 Å². The molecule has 1 saturated carbocycles. The third-order valence-corrected chi connectivity index (χ3v) is 3.76. The second-order valence-corrected chi connectivity index (χ2v) is 5.17. The zero-order valence-corrected chi connectivity index (χ0v) is 10.8. The maximum atomic E-state index is 9.20. The Morgan fingerprint density at radius 2 is 2.12 bits per heavy atom. The Morgan fingerprint density at radius 1 is 1.35 bits per heavy atom. The first-order chi connectivity index (χ1) is 8.29. The summed E-state index contributed by atoms with van der Waals surface area (Å²) in [5, 5.41) is 9.20. The number of hydrogen-bond donors (Lipinski definition) is 1. The summed E-state index contributed by atoms with van der Waals surface area (Å²) in [7, 11) is 2.06. The normalized spacial score (nSPS) is 17.8. The summed E-state index contributed by atoms with van der Waals surface area (Å²) in [5.41, 5.74) is 1.35. The van der Waals surface area contributed by atoms with Crippen molar-refractivity contribution in [2.24, 2.45) is 7.05 Å². The smallest absolute Gasteiger partial charge is 0.0558 e. The van der Waals surface area contributed by atoms with Crippen LogP contribution in [0.5, 0.6) is 0 Å². The van der Waals surface area contributed by atoms with Gasteiger partial charge in [0.1, 0.15) is 0 Å². The SMILES string of the molecule is Cn1ccc(CN(CCO)C2CCCCC2)c1. The summed E-state index contributed by atoms with van der Waals surface area (Å²) < 4.78 is 2.09. The zero-order valence-electron chi connectivity index (χ0n) is 10.8. The molecule has 0 radical (unpaired) electrons. The second-order valence-electron chi connectivity index (χ2n) is 5.17. The van der Waals surface area contributed by atoms with E-state index in [2.05, 4.69) is 35.0 Å². The number of aromatic nitrogens is 1. The number of aryl methyl sites for hydroxylation is 1. The monoisotopic (exact) mass is 236 g/mol. The van der Waals surface area contributed by atoms with Crippen LogP contribution in [0.3, 0.4) is 0 Å². The Bertz CT molecular complexity index is 329. The minimum absolute atomic E-state index is 0.267. The van der Waals surface area contributed by atoms with Crippen molar-refractivity contribution in [1.82, 2.24) is 9.47 Å². The largest absolute Gasteiger partial charge is 0.395 e. The Morgan fingerprint density at radius 3 is 2.71 bits per heavy atom. The molecule has 2 rings (SSSR count). The molecular weight excluding hydrogens is 212 g/mol. The molecule has 3 heteroatoms. The first kappa shape index (κ1) is 12.7. The molecule has 3 nitrogen and oxygen atoms in total. The van der Waals surface area contributed by atoms with Gasteiger partial charge in [0.2, 0.25) is 0 Å². The highest BCUT2D eigenvalue weighted by Crippen LogP contribution is 2.23. The van der Waals surface area contributed by atoms with E-state index >= 15 is 0 Å². The number of aliphatic hydroxyl groups is 1. The Balaban J connectivity index is 1.95. The van der Waals surface area contributed by atoms with Crippen molar-refractivity contribution in [2.75, 3.05) is 13.2 Å². The topological polar surface area (TPSA) is 28.4 Å². The van der Waals surface area contributed by atoms with Crippen LogP contribution < -0.4 is 0 Å². The molecule has 1 fully saturated rings. The van der Waals surface area contributed by atoms with E-state index in [9.17, 15) is 5.11 Å². The predicted molar refractivity (Wildman–Crippen MR) is 69.8 cm³/mol. The van der Waals surface area contributed by atoms with Crippen LogP contribution in [-0.4, -0.2) is 33.8 Å². The molecule has 0 bridgehead atoms. The molecule has 1 N–H and O–H groups in total. The highest BCUT2D eigenvalue weighted by molar-refractivity contribution is 5.10. The molecule has 96 valence electrons. The molecule has 1 aliphatic rings. The standard InChI is InChI=1S/C14H24N2O/c1-15-8-7-13(11-15)12-16(9-10-17)14-5-3-2-4-6-14/h7-8,11,14,17H,2-6,9-10,12H2,1H3. The molecule has 0 aromatic carbocycles. The Hall–Kier alpha value is -0.800. The third kappa shape index (κ3) is 3.58. The summed E-state index contributed by atoms with van der Waals surface area (Å²) in [5.74, 6) is 0. The van der Waals surface area contributed by atoms with Gasteiger partial charge >= 0.3 is 0 Å². The van der Waals surface area contributed by atoms with Gasteiger partial charge in [-0.3, -0.25) is 4.90 Å². The van der Waals surface area contributed by atoms with Gasteiger partial charge in [0.05, 0.1) is 6.61 Å².